The van der Waals surface area contributed by atoms with E-state index in [0.29, 0.717) is 0 Å². The van der Waals surface area contributed by atoms with Crippen LogP contribution in [0, 0.1) is 11.7 Å². The molecule has 0 N–H and O–H groups in total. The quantitative estimate of drug-likeness (QED) is 0.636. The summed E-state index contributed by atoms with van der Waals surface area (Å²) < 4.78 is 18.0. The molecule has 0 saturated carbocycles. The lowest BCUT2D eigenvalue weighted by molar-refractivity contribution is 0.0595. The standard InChI is InChI=1S/C12H12BrFO3/c1-6(2)11(15)7-4-9(13)10(14)5-8(7)12(16)17-3/h4-6H,1-3H3. The van der Waals surface area contributed by atoms with Gasteiger partial charge in [0.2, 0.25) is 0 Å². The molecule has 0 fully saturated rings. The molecule has 17 heavy (non-hydrogen) atoms. The summed E-state index contributed by atoms with van der Waals surface area (Å²) >= 11 is 2.99. The number of Topliss-reactive ketones (excluding diaryl/α,β-unsaturated/α-hetero) is 1. The van der Waals surface area contributed by atoms with Gasteiger partial charge in [-0.25, -0.2) is 9.18 Å². The summed E-state index contributed by atoms with van der Waals surface area (Å²) in [5.74, 6) is -1.84. The number of esters is 1. The first-order chi connectivity index (χ1) is 7.88. The number of benzene rings is 1. The minimum Gasteiger partial charge on any atom is -0.465 e. The smallest absolute Gasteiger partial charge is 0.338 e. The van der Waals surface area contributed by atoms with E-state index in [9.17, 15) is 14.0 Å². The Balaban J connectivity index is 3.41. The monoisotopic (exact) mass is 302 g/mol. The summed E-state index contributed by atoms with van der Waals surface area (Å²) in [5.41, 5.74) is 0.118. The van der Waals surface area contributed by atoms with Crippen LogP contribution in [0.1, 0.15) is 34.6 Å². The van der Waals surface area contributed by atoms with Crippen molar-refractivity contribution in [1.82, 2.24) is 0 Å². The number of ether oxygens (including phenoxy) is 1. The fourth-order valence-corrected chi connectivity index (χ4v) is 1.68. The average molecular weight is 303 g/mol. The van der Waals surface area contributed by atoms with Crippen LogP contribution < -0.4 is 0 Å². The zero-order chi connectivity index (χ0) is 13.2. The van der Waals surface area contributed by atoms with Gasteiger partial charge < -0.3 is 4.74 Å². The molecule has 0 saturated heterocycles. The topological polar surface area (TPSA) is 43.4 Å². The Morgan fingerprint density at radius 1 is 1.29 bits per heavy atom. The van der Waals surface area contributed by atoms with Gasteiger partial charge in [0.1, 0.15) is 5.82 Å². The summed E-state index contributed by atoms with van der Waals surface area (Å²) in [6.45, 7) is 3.42. The Hall–Kier alpha value is -1.23. The average Bonchev–Trinajstić information content (AvgIpc) is 2.29. The Morgan fingerprint density at radius 2 is 1.88 bits per heavy atom. The predicted molar refractivity (Wildman–Crippen MR) is 64.6 cm³/mol. The molecule has 0 radical (unpaired) electrons. The van der Waals surface area contributed by atoms with Gasteiger partial charge in [0.25, 0.3) is 0 Å². The number of hydrogen-bond acceptors (Lipinski definition) is 3. The maximum Gasteiger partial charge on any atom is 0.338 e. The van der Waals surface area contributed by atoms with Crippen molar-refractivity contribution in [3.05, 3.63) is 33.5 Å². The minimum atomic E-state index is -0.722. The predicted octanol–water partition coefficient (Wildman–Crippen LogP) is 3.21. The molecule has 92 valence electrons. The highest BCUT2D eigenvalue weighted by Gasteiger charge is 2.22. The zero-order valence-corrected chi connectivity index (χ0v) is 11.3. The highest BCUT2D eigenvalue weighted by molar-refractivity contribution is 9.10. The molecule has 1 aromatic carbocycles. The van der Waals surface area contributed by atoms with E-state index in [0.717, 1.165) is 6.07 Å². The third kappa shape index (κ3) is 2.91. The van der Waals surface area contributed by atoms with E-state index < -0.39 is 11.8 Å². The van der Waals surface area contributed by atoms with E-state index in [1.807, 2.05) is 0 Å². The van der Waals surface area contributed by atoms with Gasteiger partial charge in [0, 0.05) is 11.5 Å². The van der Waals surface area contributed by atoms with Gasteiger partial charge in [0.15, 0.2) is 5.78 Å². The molecule has 5 heteroatoms. The summed E-state index contributed by atoms with van der Waals surface area (Å²) in [4.78, 5) is 23.4. The van der Waals surface area contributed by atoms with Crippen molar-refractivity contribution in [2.75, 3.05) is 7.11 Å². The first kappa shape index (κ1) is 13.8. The SMILES string of the molecule is COC(=O)c1cc(F)c(Br)cc1C(=O)C(C)C. The van der Waals surface area contributed by atoms with E-state index in [-0.39, 0.29) is 27.3 Å². The van der Waals surface area contributed by atoms with Gasteiger partial charge in [-0.1, -0.05) is 13.8 Å². The molecule has 0 heterocycles. The first-order valence-corrected chi connectivity index (χ1v) is 5.79. The minimum absolute atomic E-state index is 0.0492. The van der Waals surface area contributed by atoms with Gasteiger partial charge in [-0.2, -0.15) is 0 Å². The first-order valence-electron chi connectivity index (χ1n) is 5.00. The van der Waals surface area contributed by atoms with Crippen molar-refractivity contribution in [1.29, 1.82) is 0 Å². The number of ketones is 1. The highest BCUT2D eigenvalue weighted by atomic mass is 79.9. The lowest BCUT2D eigenvalue weighted by atomic mass is 9.96. The van der Waals surface area contributed by atoms with Gasteiger partial charge in [0.05, 0.1) is 17.1 Å². The zero-order valence-electron chi connectivity index (χ0n) is 9.71. The fourth-order valence-electron chi connectivity index (χ4n) is 1.34. The lowest BCUT2D eigenvalue weighted by Crippen LogP contribution is -2.15. The highest BCUT2D eigenvalue weighted by Crippen LogP contribution is 2.23. The van der Waals surface area contributed by atoms with E-state index in [2.05, 4.69) is 20.7 Å². The second-order valence-electron chi connectivity index (χ2n) is 3.82. The van der Waals surface area contributed by atoms with Crippen LogP contribution in [0.2, 0.25) is 0 Å². The fraction of sp³-hybridized carbons (Fsp3) is 0.333. The number of methoxy groups -OCH3 is 1. The molecule has 0 bridgehead atoms. The maximum atomic E-state index is 13.4. The van der Waals surface area contributed by atoms with Gasteiger partial charge >= 0.3 is 5.97 Å². The van der Waals surface area contributed by atoms with Crippen LogP contribution in [0.25, 0.3) is 0 Å². The van der Waals surface area contributed by atoms with Crippen LogP contribution in [-0.2, 0) is 4.74 Å². The van der Waals surface area contributed by atoms with Gasteiger partial charge in [-0.15, -0.1) is 0 Å². The third-order valence-electron chi connectivity index (χ3n) is 2.26. The summed E-state index contributed by atoms with van der Waals surface area (Å²) in [7, 11) is 1.19. The van der Waals surface area contributed by atoms with Crippen LogP contribution in [0.5, 0.6) is 0 Å². The molecular weight excluding hydrogens is 291 g/mol. The molecule has 0 unspecified atom stereocenters. The van der Waals surface area contributed by atoms with Crippen molar-refractivity contribution in [3.8, 4) is 0 Å². The maximum absolute atomic E-state index is 13.4. The number of hydrogen-bond donors (Lipinski definition) is 0. The molecule has 0 amide bonds. The summed E-state index contributed by atoms with van der Waals surface area (Å²) in [6.07, 6.45) is 0. The van der Waals surface area contributed by atoms with Gasteiger partial charge in [-0.3, -0.25) is 4.79 Å². The third-order valence-corrected chi connectivity index (χ3v) is 2.86. The molecule has 0 aliphatic carbocycles. The van der Waals surface area contributed by atoms with E-state index in [1.54, 1.807) is 13.8 Å². The van der Waals surface area contributed by atoms with Gasteiger partial charge in [-0.05, 0) is 28.1 Å². The van der Waals surface area contributed by atoms with Crippen molar-refractivity contribution < 1.29 is 18.7 Å². The van der Waals surface area contributed by atoms with Crippen LogP contribution in [-0.4, -0.2) is 18.9 Å². The summed E-state index contributed by atoms with van der Waals surface area (Å²) in [5, 5.41) is 0. The van der Waals surface area contributed by atoms with Crippen LogP contribution in [0.3, 0.4) is 0 Å². The summed E-state index contributed by atoms with van der Waals surface area (Å²) in [6, 6.07) is 2.31. The lowest BCUT2D eigenvalue weighted by Gasteiger charge is -2.10. The number of halogens is 2. The van der Waals surface area contributed by atoms with Crippen molar-refractivity contribution in [2.24, 2.45) is 5.92 Å². The van der Waals surface area contributed by atoms with Crippen molar-refractivity contribution in [2.45, 2.75) is 13.8 Å². The molecule has 1 aromatic rings. The second kappa shape index (κ2) is 5.40. The number of rotatable bonds is 3. The normalized spacial score (nSPS) is 10.5. The van der Waals surface area contributed by atoms with E-state index in [4.69, 9.17) is 0 Å². The Morgan fingerprint density at radius 3 is 2.35 bits per heavy atom. The van der Waals surface area contributed by atoms with Crippen molar-refractivity contribution in [3.63, 3.8) is 0 Å². The molecule has 3 nitrogen and oxygen atoms in total. The van der Waals surface area contributed by atoms with Crippen LogP contribution >= 0.6 is 15.9 Å². The van der Waals surface area contributed by atoms with Crippen LogP contribution in [0.4, 0.5) is 4.39 Å². The molecular formula is C12H12BrFO3. The molecule has 0 aromatic heterocycles. The number of carbonyl (C=O) groups is 2. The number of carbonyl (C=O) groups excluding carboxylic acids is 2. The van der Waals surface area contributed by atoms with E-state index in [1.165, 1.54) is 13.2 Å². The molecule has 0 aliphatic rings. The Labute approximate surface area is 107 Å². The second-order valence-corrected chi connectivity index (χ2v) is 4.68. The molecule has 0 spiro atoms. The Bertz CT molecular complexity index is 469. The molecule has 0 aliphatic heterocycles. The van der Waals surface area contributed by atoms with Crippen molar-refractivity contribution >= 4 is 27.7 Å². The van der Waals surface area contributed by atoms with Crippen LogP contribution in [0.15, 0.2) is 16.6 Å². The molecule has 0 atom stereocenters. The Kier molecular flexibility index (Phi) is 4.40. The van der Waals surface area contributed by atoms with E-state index >= 15 is 0 Å². The largest absolute Gasteiger partial charge is 0.465 e. The molecule has 1 rings (SSSR count).